The predicted molar refractivity (Wildman–Crippen MR) is 70.1 cm³/mol. The van der Waals surface area contributed by atoms with E-state index in [4.69, 9.17) is 21.4 Å². The minimum Gasteiger partial charge on any atom is -0.465 e. The van der Waals surface area contributed by atoms with Crippen LogP contribution in [-0.4, -0.2) is 29.4 Å². The number of fused-ring (bicyclic) bond motifs is 1. The summed E-state index contributed by atoms with van der Waals surface area (Å²) in [5, 5.41) is 10.5. The summed E-state index contributed by atoms with van der Waals surface area (Å²) in [5.74, 6) is -0.390. The van der Waals surface area contributed by atoms with Crippen molar-refractivity contribution in [1.29, 1.82) is 0 Å². The molecule has 0 spiro atoms. The van der Waals surface area contributed by atoms with Gasteiger partial charge in [-0.05, 0) is 18.6 Å². The molecule has 0 aliphatic heterocycles. The van der Waals surface area contributed by atoms with Gasteiger partial charge in [-0.2, -0.15) is 0 Å². The third-order valence-corrected chi connectivity index (χ3v) is 3.38. The Morgan fingerprint density at radius 3 is 2.83 bits per heavy atom. The molecule has 5 heteroatoms. The van der Waals surface area contributed by atoms with E-state index in [1.807, 2.05) is 11.5 Å². The molecule has 0 saturated carbocycles. The Labute approximate surface area is 110 Å². The summed E-state index contributed by atoms with van der Waals surface area (Å²) in [6, 6.07) is 3.56. The number of halogens is 1. The SMILES string of the molecule is COC(=O)c1cn(CCO)c2c(C)c(Cl)ccc12. The minimum atomic E-state index is -0.390. The fraction of sp³-hybridized carbons (Fsp3) is 0.308. The zero-order valence-electron chi connectivity index (χ0n) is 10.2. The standard InChI is InChI=1S/C13H14ClNO3/c1-8-11(14)4-3-9-10(13(17)18-2)7-15(5-6-16)12(8)9/h3-4,7,16H,5-6H2,1-2H3. The number of hydrogen-bond acceptors (Lipinski definition) is 3. The first-order valence-corrected chi connectivity index (χ1v) is 5.95. The van der Waals surface area contributed by atoms with Gasteiger partial charge in [0.15, 0.2) is 0 Å². The normalized spacial score (nSPS) is 10.9. The molecular formula is C13H14ClNO3. The van der Waals surface area contributed by atoms with Crippen molar-refractivity contribution in [1.82, 2.24) is 4.57 Å². The third-order valence-electron chi connectivity index (χ3n) is 2.97. The van der Waals surface area contributed by atoms with Crippen molar-refractivity contribution in [3.8, 4) is 0 Å². The van der Waals surface area contributed by atoms with Gasteiger partial charge in [0.05, 0.1) is 24.8 Å². The van der Waals surface area contributed by atoms with E-state index in [2.05, 4.69) is 0 Å². The van der Waals surface area contributed by atoms with Gasteiger partial charge in [-0.25, -0.2) is 4.79 Å². The lowest BCUT2D eigenvalue weighted by Crippen LogP contribution is -2.02. The Morgan fingerprint density at radius 1 is 1.50 bits per heavy atom. The van der Waals surface area contributed by atoms with E-state index in [0.717, 1.165) is 16.5 Å². The lowest BCUT2D eigenvalue weighted by molar-refractivity contribution is 0.0602. The smallest absolute Gasteiger partial charge is 0.340 e. The van der Waals surface area contributed by atoms with Crippen LogP contribution < -0.4 is 0 Å². The van der Waals surface area contributed by atoms with Crippen LogP contribution >= 0.6 is 11.6 Å². The van der Waals surface area contributed by atoms with Crippen LogP contribution in [0.2, 0.25) is 5.02 Å². The van der Waals surface area contributed by atoms with E-state index in [-0.39, 0.29) is 6.61 Å². The van der Waals surface area contributed by atoms with E-state index >= 15 is 0 Å². The zero-order valence-corrected chi connectivity index (χ0v) is 11.0. The third kappa shape index (κ3) is 1.98. The van der Waals surface area contributed by atoms with Gasteiger partial charge in [0.2, 0.25) is 0 Å². The number of ether oxygens (including phenoxy) is 1. The lowest BCUT2D eigenvalue weighted by Gasteiger charge is -2.06. The first-order valence-electron chi connectivity index (χ1n) is 5.57. The molecule has 2 rings (SSSR count). The number of benzene rings is 1. The predicted octanol–water partition coefficient (Wildman–Crippen LogP) is 2.38. The fourth-order valence-corrected chi connectivity index (χ4v) is 2.26. The summed E-state index contributed by atoms with van der Waals surface area (Å²) >= 11 is 6.09. The van der Waals surface area contributed by atoms with Gasteiger partial charge in [0, 0.05) is 23.2 Å². The molecule has 0 atom stereocenters. The molecule has 1 aromatic carbocycles. The van der Waals surface area contributed by atoms with Gasteiger partial charge >= 0.3 is 5.97 Å². The monoisotopic (exact) mass is 267 g/mol. The maximum absolute atomic E-state index is 11.7. The summed E-state index contributed by atoms with van der Waals surface area (Å²) in [7, 11) is 1.35. The average Bonchev–Trinajstić information content (AvgIpc) is 2.73. The van der Waals surface area contributed by atoms with Crippen LogP contribution in [0.1, 0.15) is 15.9 Å². The van der Waals surface area contributed by atoms with E-state index in [1.54, 1.807) is 18.3 Å². The van der Waals surface area contributed by atoms with Crippen molar-refractivity contribution in [3.63, 3.8) is 0 Å². The summed E-state index contributed by atoms with van der Waals surface area (Å²) < 4.78 is 6.58. The summed E-state index contributed by atoms with van der Waals surface area (Å²) in [4.78, 5) is 11.7. The number of aliphatic hydroxyl groups is 1. The molecule has 1 aromatic heterocycles. The highest BCUT2D eigenvalue weighted by molar-refractivity contribution is 6.32. The Hall–Kier alpha value is -1.52. The molecule has 0 bridgehead atoms. The molecule has 2 aromatic rings. The van der Waals surface area contributed by atoms with Crippen LogP contribution in [0.25, 0.3) is 10.9 Å². The number of esters is 1. The highest BCUT2D eigenvalue weighted by atomic mass is 35.5. The Kier molecular flexibility index (Phi) is 3.59. The quantitative estimate of drug-likeness (QED) is 0.869. The van der Waals surface area contributed by atoms with Crippen molar-refractivity contribution in [2.45, 2.75) is 13.5 Å². The molecule has 0 saturated heterocycles. The second-order valence-corrected chi connectivity index (χ2v) is 4.43. The molecule has 4 nitrogen and oxygen atoms in total. The number of aromatic nitrogens is 1. The summed E-state index contributed by atoms with van der Waals surface area (Å²) in [6.07, 6.45) is 1.69. The number of aryl methyl sites for hydroxylation is 1. The van der Waals surface area contributed by atoms with E-state index in [9.17, 15) is 4.79 Å². The molecule has 0 unspecified atom stereocenters. The van der Waals surface area contributed by atoms with Crippen LogP contribution in [0, 0.1) is 6.92 Å². The highest BCUT2D eigenvalue weighted by Crippen LogP contribution is 2.29. The van der Waals surface area contributed by atoms with Crippen molar-refractivity contribution < 1.29 is 14.6 Å². The van der Waals surface area contributed by atoms with Crippen LogP contribution in [0.4, 0.5) is 0 Å². The molecule has 0 aliphatic carbocycles. The van der Waals surface area contributed by atoms with Crippen molar-refractivity contribution in [2.24, 2.45) is 0 Å². The summed E-state index contributed by atoms with van der Waals surface area (Å²) in [6.45, 7) is 2.30. The first-order chi connectivity index (χ1) is 8.60. The molecule has 1 heterocycles. The van der Waals surface area contributed by atoms with Crippen LogP contribution in [0.15, 0.2) is 18.3 Å². The second kappa shape index (κ2) is 5.00. The number of aliphatic hydroxyl groups excluding tert-OH is 1. The van der Waals surface area contributed by atoms with Gasteiger partial charge < -0.3 is 14.4 Å². The van der Waals surface area contributed by atoms with Gasteiger partial charge in [-0.3, -0.25) is 0 Å². The fourth-order valence-electron chi connectivity index (χ4n) is 2.11. The maximum Gasteiger partial charge on any atom is 0.340 e. The average molecular weight is 268 g/mol. The van der Waals surface area contributed by atoms with Crippen LogP contribution in [0.3, 0.4) is 0 Å². The molecule has 96 valence electrons. The highest BCUT2D eigenvalue weighted by Gasteiger charge is 2.17. The Morgan fingerprint density at radius 2 is 2.22 bits per heavy atom. The Balaban J connectivity index is 2.76. The zero-order chi connectivity index (χ0) is 13.3. The molecule has 0 radical (unpaired) electrons. The molecule has 0 aliphatic rings. The van der Waals surface area contributed by atoms with E-state index < -0.39 is 5.97 Å². The molecule has 1 N–H and O–H groups in total. The number of hydrogen-bond donors (Lipinski definition) is 1. The van der Waals surface area contributed by atoms with Gasteiger partial charge in [-0.15, -0.1) is 0 Å². The van der Waals surface area contributed by atoms with Crippen LogP contribution in [-0.2, 0) is 11.3 Å². The lowest BCUT2D eigenvalue weighted by atomic mass is 10.1. The van der Waals surface area contributed by atoms with Crippen molar-refractivity contribution in [3.05, 3.63) is 34.5 Å². The summed E-state index contributed by atoms with van der Waals surface area (Å²) in [5.41, 5.74) is 2.23. The van der Waals surface area contributed by atoms with Crippen molar-refractivity contribution >= 4 is 28.5 Å². The van der Waals surface area contributed by atoms with Gasteiger partial charge in [-0.1, -0.05) is 17.7 Å². The number of methoxy groups -OCH3 is 1. The number of rotatable bonds is 3. The van der Waals surface area contributed by atoms with Gasteiger partial charge in [0.1, 0.15) is 0 Å². The molecule has 18 heavy (non-hydrogen) atoms. The molecular weight excluding hydrogens is 254 g/mol. The number of carbonyl (C=O) groups excluding carboxylic acids is 1. The topological polar surface area (TPSA) is 51.5 Å². The van der Waals surface area contributed by atoms with E-state index in [0.29, 0.717) is 17.1 Å². The molecule has 0 fully saturated rings. The van der Waals surface area contributed by atoms with E-state index in [1.165, 1.54) is 7.11 Å². The number of carbonyl (C=O) groups is 1. The molecule has 0 amide bonds. The largest absolute Gasteiger partial charge is 0.465 e. The van der Waals surface area contributed by atoms with Crippen molar-refractivity contribution in [2.75, 3.05) is 13.7 Å². The van der Waals surface area contributed by atoms with Gasteiger partial charge in [0.25, 0.3) is 0 Å². The maximum atomic E-state index is 11.7. The number of nitrogens with zero attached hydrogens (tertiary/aromatic N) is 1. The minimum absolute atomic E-state index is 0.00363. The second-order valence-electron chi connectivity index (χ2n) is 4.02. The first kappa shape index (κ1) is 12.9. The van der Waals surface area contributed by atoms with Crippen LogP contribution in [0.5, 0.6) is 0 Å². The Bertz CT molecular complexity index is 604.